The lowest BCUT2D eigenvalue weighted by Crippen LogP contribution is -2.40. The number of hydrogen-bond acceptors (Lipinski definition) is 5. The van der Waals surface area contributed by atoms with Crippen molar-refractivity contribution in [2.75, 3.05) is 6.61 Å². The fraction of sp³-hybridized carbons (Fsp3) is 0.455. The molecule has 1 amide bonds. The molecule has 0 N–H and O–H groups in total. The zero-order chi connectivity index (χ0) is 13.2. The molecule has 1 saturated heterocycles. The molecule has 0 saturated carbocycles. The monoisotopic (exact) mass is 270 g/mol. The molecule has 0 aliphatic carbocycles. The first-order valence-electron chi connectivity index (χ1n) is 5.66. The van der Waals surface area contributed by atoms with Crippen LogP contribution in [0.4, 0.5) is 0 Å². The molecule has 1 aliphatic rings. The van der Waals surface area contributed by atoms with Crippen LogP contribution in [-0.4, -0.2) is 36.4 Å². The minimum absolute atomic E-state index is 0.00459. The molecule has 0 spiro atoms. The van der Waals surface area contributed by atoms with Crippen LogP contribution in [-0.2, 0) is 19.6 Å². The summed E-state index contributed by atoms with van der Waals surface area (Å²) < 4.78 is 30.8. The van der Waals surface area contributed by atoms with E-state index in [0.717, 1.165) is 4.31 Å². The summed E-state index contributed by atoms with van der Waals surface area (Å²) in [5, 5.41) is 0. The van der Waals surface area contributed by atoms with Crippen molar-refractivity contribution >= 4 is 15.9 Å². The van der Waals surface area contributed by atoms with Crippen LogP contribution < -0.4 is 0 Å². The first-order valence-corrected chi connectivity index (χ1v) is 7.10. The van der Waals surface area contributed by atoms with E-state index in [2.05, 4.69) is 4.98 Å². The molecule has 0 unspecified atom stereocenters. The largest absolute Gasteiger partial charge is 0.357 e. The second kappa shape index (κ2) is 5.03. The van der Waals surface area contributed by atoms with E-state index in [1.165, 1.54) is 24.5 Å². The van der Waals surface area contributed by atoms with Gasteiger partial charge in [0.1, 0.15) is 11.1 Å². The molecule has 6 nitrogen and oxygen atoms in total. The van der Waals surface area contributed by atoms with Crippen molar-refractivity contribution in [3.63, 3.8) is 0 Å². The fourth-order valence-electron chi connectivity index (χ4n) is 1.88. The third kappa shape index (κ3) is 2.23. The van der Waals surface area contributed by atoms with Crippen LogP contribution in [0, 0.1) is 0 Å². The molecule has 1 aliphatic heterocycles. The summed E-state index contributed by atoms with van der Waals surface area (Å²) in [7, 11) is -3.86. The zero-order valence-corrected chi connectivity index (χ0v) is 10.8. The van der Waals surface area contributed by atoms with E-state index < -0.39 is 22.2 Å². The lowest BCUT2D eigenvalue weighted by atomic mass is 10.3. The Morgan fingerprint density at radius 3 is 2.94 bits per heavy atom. The topological polar surface area (TPSA) is 76.6 Å². The van der Waals surface area contributed by atoms with Gasteiger partial charge < -0.3 is 4.74 Å². The average molecular weight is 270 g/mol. The number of rotatable bonds is 4. The quantitative estimate of drug-likeness (QED) is 0.807. The van der Waals surface area contributed by atoms with Crippen LogP contribution in [0.5, 0.6) is 0 Å². The summed E-state index contributed by atoms with van der Waals surface area (Å²) in [5.74, 6) is -0.433. The third-order valence-electron chi connectivity index (χ3n) is 2.66. The van der Waals surface area contributed by atoms with E-state index in [0.29, 0.717) is 13.0 Å². The van der Waals surface area contributed by atoms with Crippen LogP contribution in [0.1, 0.15) is 19.8 Å². The van der Waals surface area contributed by atoms with Gasteiger partial charge >= 0.3 is 0 Å². The highest BCUT2D eigenvalue weighted by atomic mass is 32.2. The minimum atomic E-state index is -3.86. The number of aromatic nitrogens is 1. The second-order valence-corrected chi connectivity index (χ2v) is 5.65. The molecule has 0 bridgehead atoms. The smallest absolute Gasteiger partial charge is 0.270 e. The van der Waals surface area contributed by atoms with E-state index in [1.54, 1.807) is 6.92 Å². The highest BCUT2D eigenvalue weighted by molar-refractivity contribution is 7.89. The Labute approximate surface area is 106 Å². The maximum atomic E-state index is 12.3. The van der Waals surface area contributed by atoms with Gasteiger partial charge in [-0.15, -0.1) is 0 Å². The Bertz CT molecular complexity index is 529. The standard InChI is InChI=1S/C11H14N2O4S/c1-2-17-11-6-5-10(14)13(11)18(15,16)9-4-3-7-12-8-9/h3-4,7-8,11H,2,5-6H2,1H3/t11-/m1/s1. The lowest BCUT2D eigenvalue weighted by Gasteiger charge is -2.23. The van der Waals surface area contributed by atoms with Crippen LogP contribution >= 0.6 is 0 Å². The molecule has 0 aromatic carbocycles. The summed E-state index contributed by atoms with van der Waals surface area (Å²) >= 11 is 0. The van der Waals surface area contributed by atoms with E-state index >= 15 is 0 Å². The van der Waals surface area contributed by atoms with Crippen LogP contribution in [0.3, 0.4) is 0 Å². The van der Waals surface area contributed by atoms with E-state index in [1.807, 2.05) is 0 Å². The van der Waals surface area contributed by atoms with Crippen molar-refractivity contribution in [1.29, 1.82) is 0 Å². The average Bonchev–Trinajstić information content (AvgIpc) is 2.73. The number of ether oxygens (including phenoxy) is 1. The number of carbonyl (C=O) groups excluding carboxylic acids is 1. The van der Waals surface area contributed by atoms with Gasteiger partial charge in [0.25, 0.3) is 10.0 Å². The molecule has 1 fully saturated rings. The van der Waals surface area contributed by atoms with Gasteiger partial charge in [0.2, 0.25) is 5.91 Å². The van der Waals surface area contributed by atoms with Gasteiger partial charge in [-0.2, -0.15) is 0 Å². The zero-order valence-electron chi connectivity index (χ0n) is 9.94. The molecule has 1 aromatic heterocycles. The molecular weight excluding hydrogens is 256 g/mol. The Hall–Kier alpha value is -1.47. The third-order valence-corrected chi connectivity index (χ3v) is 4.46. The SMILES string of the molecule is CCO[C@@H]1CCC(=O)N1S(=O)(=O)c1cccnc1. The highest BCUT2D eigenvalue weighted by Gasteiger charge is 2.41. The van der Waals surface area contributed by atoms with Crippen molar-refractivity contribution in [2.45, 2.75) is 30.9 Å². The number of nitrogens with zero attached hydrogens (tertiary/aromatic N) is 2. The molecule has 18 heavy (non-hydrogen) atoms. The predicted octanol–water partition coefficient (Wildman–Crippen LogP) is 0.755. The Kier molecular flexibility index (Phi) is 3.63. The lowest BCUT2D eigenvalue weighted by molar-refractivity contribution is -0.128. The van der Waals surface area contributed by atoms with Gasteiger partial charge in [-0.25, -0.2) is 12.7 Å². The van der Waals surface area contributed by atoms with Crippen molar-refractivity contribution in [3.8, 4) is 0 Å². The van der Waals surface area contributed by atoms with Crippen molar-refractivity contribution in [3.05, 3.63) is 24.5 Å². The summed E-state index contributed by atoms with van der Waals surface area (Å²) in [6.07, 6.45) is 2.58. The first kappa shape index (κ1) is 13.0. The van der Waals surface area contributed by atoms with Crippen molar-refractivity contribution < 1.29 is 17.9 Å². The Morgan fingerprint density at radius 1 is 1.56 bits per heavy atom. The van der Waals surface area contributed by atoms with Gasteiger partial charge in [-0.1, -0.05) is 0 Å². The Morgan fingerprint density at radius 2 is 2.33 bits per heavy atom. The number of sulfonamides is 1. The van der Waals surface area contributed by atoms with Crippen LogP contribution in [0.15, 0.2) is 29.4 Å². The molecule has 2 rings (SSSR count). The maximum Gasteiger partial charge on any atom is 0.270 e. The first-order chi connectivity index (χ1) is 8.57. The van der Waals surface area contributed by atoms with Gasteiger partial charge in [-0.3, -0.25) is 9.78 Å². The predicted molar refractivity (Wildman–Crippen MR) is 62.9 cm³/mol. The molecular formula is C11H14N2O4S. The molecule has 1 atom stereocenters. The van der Waals surface area contributed by atoms with Crippen LogP contribution in [0.2, 0.25) is 0 Å². The van der Waals surface area contributed by atoms with E-state index in [4.69, 9.17) is 4.74 Å². The van der Waals surface area contributed by atoms with E-state index in [-0.39, 0.29) is 11.3 Å². The fourth-order valence-corrected chi connectivity index (χ4v) is 3.39. The van der Waals surface area contributed by atoms with E-state index in [9.17, 15) is 13.2 Å². The van der Waals surface area contributed by atoms with Crippen molar-refractivity contribution in [2.24, 2.45) is 0 Å². The number of hydrogen-bond donors (Lipinski definition) is 0. The summed E-state index contributed by atoms with van der Waals surface area (Å²) in [5.41, 5.74) is 0. The summed E-state index contributed by atoms with van der Waals surface area (Å²) in [6, 6.07) is 2.93. The number of amides is 1. The summed E-state index contributed by atoms with van der Waals surface area (Å²) in [6.45, 7) is 2.12. The van der Waals surface area contributed by atoms with Crippen molar-refractivity contribution in [1.82, 2.24) is 9.29 Å². The van der Waals surface area contributed by atoms with Gasteiger partial charge in [0, 0.05) is 31.8 Å². The second-order valence-electron chi connectivity index (χ2n) is 3.83. The molecule has 1 aromatic rings. The normalized spacial score (nSPS) is 20.4. The highest BCUT2D eigenvalue weighted by Crippen LogP contribution is 2.27. The molecule has 7 heteroatoms. The molecule has 98 valence electrons. The van der Waals surface area contributed by atoms with Crippen LogP contribution in [0.25, 0.3) is 0 Å². The van der Waals surface area contributed by atoms with Gasteiger partial charge in [0.15, 0.2) is 0 Å². The molecule has 2 heterocycles. The number of pyridine rings is 1. The number of carbonyl (C=O) groups is 1. The minimum Gasteiger partial charge on any atom is -0.357 e. The van der Waals surface area contributed by atoms with Gasteiger partial charge in [0.05, 0.1) is 0 Å². The molecule has 0 radical (unpaired) electrons. The summed E-state index contributed by atoms with van der Waals surface area (Å²) in [4.78, 5) is 15.5. The maximum absolute atomic E-state index is 12.3. The Balaban J connectivity index is 2.37. The van der Waals surface area contributed by atoms with Gasteiger partial charge in [-0.05, 0) is 19.1 Å².